The van der Waals surface area contributed by atoms with Crippen LogP contribution in [0.3, 0.4) is 0 Å². The van der Waals surface area contributed by atoms with E-state index in [-0.39, 0.29) is 12.6 Å². The van der Waals surface area contributed by atoms with Crippen molar-refractivity contribution in [3.8, 4) is 5.75 Å². The van der Waals surface area contributed by atoms with Gasteiger partial charge in [-0.1, -0.05) is 44.7 Å². The van der Waals surface area contributed by atoms with Crippen LogP contribution < -0.4 is 4.74 Å². The van der Waals surface area contributed by atoms with E-state index in [4.69, 9.17) is 4.74 Å². The third-order valence-electron chi connectivity index (χ3n) is 7.14. The van der Waals surface area contributed by atoms with Crippen LogP contribution in [0.15, 0.2) is 79.1 Å². The van der Waals surface area contributed by atoms with E-state index >= 15 is 0 Å². The standard InChI is InChI=1S/C27H30F3N2O2.C2H6/c1-3-4-5-7-24(27(33)20-12-13-31-23-11-9-19(34-2)16-21(20)23)32(14-6-15-32)17-18-8-10-22(28)26(30)25(18)29;1-2/h3-5,8-13,16,18,24-25,27,33H,1,6-7,14-15,17H2,2H3;1-2H3/q+1;/b5-4-;. The zero-order chi connectivity index (χ0) is 26.3. The third-order valence-corrected chi connectivity index (χ3v) is 7.14. The zero-order valence-electron chi connectivity index (χ0n) is 21.2. The smallest absolute Gasteiger partial charge is 0.170 e. The Hall–Kier alpha value is -2.90. The number of aliphatic hydroxyl groups excluding tert-OH is 1. The molecule has 2 heterocycles. The van der Waals surface area contributed by atoms with Gasteiger partial charge in [0.1, 0.15) is 17.9 Å². The van der Waals surface area contributed by atoms with Gasteiger partial charge in [-0.3, -0.25) is 4.98 Å². The van der Waals surface area contributed by atoms with E-state index in [2.05, 4.69) is 11.6 Å². The maximum absolute atomic E-state index is 14.7. The zero-order valence-corrected chi connectivity index (χ0v) is 21.2. The van der Waals surface area contributed by atoms with Crippen LogP contribution in [-0.2, 0) is 0 Å². The van der Waals surface area contributed by atoms with Crippen molar-refractivity contribution in [1.82, 2.24) is 4.98 Å². The molecule has 1 fully saturated rings. The molecule has 36 heavy (non-hydrogen) atoms. The first-order chi connectivity index (χ1) is 17.4. The van der Waals surface area contributed by atoms with E-state index in [1.54, 1.807) is 25.4 Å². The number of hydrogen-bond donors (Lipinski definition) is 1. The molecule has 4 atom stereocenters. The molecule has 0 radical (unpaired) electrons. The van der Waals surface area contributed by atoms with Gasteiger partial charge in [-0.05, 0) is 35.9 Å². The molecule has 0 spiro atoms. The minimum atomic E-state index is -2.02. The van der Waals surface area contributed by atoms with Crippen LogP contribution in [-0.4, -0.2) is 53.5 Å². The van der Waals surface area contributed by atoms with Crippen LogP contribution in [0.2, 0.25) is 0 Å². The van der Waals surface area contributed by atoms with Gasteiger partial charge in [-0.25, -0.2) is 13.2 Å². The summed E-state index contributed by atoms with van der Waals surface area (Å²) >= 11 is 0. The number of ether oxygens (including phenoxy) is 1. The number of nitrogens with zero attached hydrogens (tertiary/aromatic N) is 2. The molecule has 7 heteroatoms. The second-order valence-electron chi connectivity index (χ2n) is 9.02. The Morgan fingerprint density at radius 2 is 2.00 bits per heavy atom. The van der Waals surface area contributed by atoms with Gasteiger partial charge in [-0.15, -0.1) is 0 Å². The lowest BCUT2D eigenvalue weighted by atomic mass is 9.86. The van der Waals surface area contributed by atoms with E-state index in [9.17, 15) is 18.3 Å². The van der Waals surface area contributed by atoms with Gasteiger partial charge >= 0.3 is 0 Å². The van der Waals surface area contributed by atoms with E-state index in [0.717, 1.165) is 36.5 Å². The number of methoxy groups -OCH3 is 1. The van der Waals surface area contributed by atoms with E-state index in [1.807, 2.05) is 44.2 Å². The molecular formula is C29H36F3N2O2+. The van der Waals surface area contributed by atoms with Crippen molar-refractivity contribution in [2.45, 2.75) is 45.0 Å². The van der Waals surface area contributed by atoms with Crippen LogP contribution >= 0.6 is 0 Å². The second kappa shape index (κ2) is 12.4. The summed E-state index contributed by atoms with van der Waals surface area (Å²) < 4.78 is 48.1. The number of quaternary nitrogens is 1. The molecule has 0 bridgehead atoms. The van der Waals surface area contributed by atoms with Crippen LogP contribution in [0.1, 0.15) is 38.4 Å². The number of aliphatic hydroxyl groups is 1. The number of hydrogen-bond acceptors (Lipinski definition) is 3. The molecule has 1 saturated heterocycles. The highest BCUT2D eigenvalue weighted by molar-refractivity contribution is 5.83. The molecule has 1 aromatic heterocycles. The van der Waals surface area contributed by atoms with Crippen molar-refractivity contribution in [2.24, 2.45) is 5.92 Å². The van der Waals surface area contributed by atoms with Crippen LogP contribution in [0, 0.1) is 5.92 Å². The Balaban J connectivity index is 0.00000176. The van der Waals surface area contributed by atoms with Crippen molar-refractivity contribution >= 4 is 10.9 Å². The highest BCUT2D eigenvalue weighted by atomic mass is 19.2. The van der Waals surface area contributed by atoms with Crippen molar-refractivity contribution < 1.29 is 27.5 Å². The summed E-state index contributed by atoms with van der Waals surface area (Å²) in [6.07, 6.45) is 8.03. The van der Waals surface area contributed by atoms with Crippen LogP contribution in [0.5, 0.6) is 5.75 Å². The number of alkyl halides is 1. The SMILES string of the molecule is C=C/C=C\CC(C(O)c1ccnc2ccc(OC)cc12)[N+]1(CC2C=CC(F)=C(F)C2F)CCC1.CC. The number of allylic oxidation sites excluding steroid dienone is 5. The Bertz CT molecular complexity index is 1140. The minimum absolute atomic E-state index is 0.272. The van der Waals surface area contributed by atoms with Crippen LogP contribution in [0.25, 0.3) is 10.9 Å². The molecule has 1 aliphatic carbocycles. The van der Waals surface area contributed by atoms with Gasteiger partial charge in [0, 0.05) is 24.4 Å². The summed E-state index contributed by atoms with van der Waals surface area (Å²) in [5.41, 5.74) is 1.44. The van der Waals surface area contributed by atoms with Crippen molar-refractivity contribution in [3.63, 3.8) is 0 Å². The number of fused-ring (bicyclic) bond motifs is 1. The molecule has 2 aliphatic rings. The van der Waals surface area contributed by atoms with Gasteiger partial charge in [0.2, 0.25) is 0 Å². The van der Waals surface area contributed by atoms with E-state index in [0.29, 0.717) is 22.2 Å². The van der Waals surface area contributed by atoms with Gasteiger partial charge in [0.05, 0.1) is 38.2 Å². The fourth-order valence-corrected chi connectivity index (χ4v) is 5.20. The van der Waals surface area contributed by atoms with Crippen molar-refractivity contribution in [1.29, 1.82) is 0 Å². The predicted octanol–water partition coefficient (Wildman–Crippen LogP) is 6.70. The fraction of sp³-hybridized carbons (Fsp3) is 0.414. The average molecular weight is 502 g/mol. The number of pyridine rings is 1. The van der Waals surface area contributed by atoms with Gasteiger partial charge < -0.3 is 14.3 Å². The minimum Gasteiger partial charge on any atom is -0.497 e. The lowest BCUT2D eigenvalue weighted by Crippen LogP contribution is -2.67. The summed E-state index contributed by atoms with van der Waals surface area (Å²) in [6.45, 7) is 9.44. The molecule has 1 N–H and O–H groups in total. The Morgan fingerprint density at radius 3 is 2.64 bits per heavy atom. The normalized spacial score (nSPS) is 22.5. The highest BCUT2D eigenvalue weighted by Gasteiger charge is 2.49. The second-order valence-corrected chi connectivity index (χ2v) is 9.02. The lowest BCUT2D eigenvalue weighted by molar-refractivity contribution is -0.991. The summed E-state index contributed by atoms with van der Waals surface area (Å²) in [5.74, 6) is -2.64. The topological polar surface area (TPSA) is 42.4 Å². The van der Waals surface area contributed by atoms with E-state index < -0.39 is 29.8 Å². The largest absolute Gasteiger partial charge is 0.497 e. The quantitative estimate of drug-likeness (QED) is 0.307. The number of benzene rings is 1. The van der Waals surface area contributed by atoms with Crippen molar-refractivity contribution in [3.05, 3.63) is 84.6 Å². The molecule has 1 aliphatic heterocycles. The summed E-state index contributed by atoms with van der Waals surface area (Å²) in [7, 11) is 1.58. The average Bonchev–Trinajstić information content (AvgIpc) is 2.89. The van der Waals surface area contributed by atoms with Crippen molar-refractivity contribution in [2.75, 3.05) is 26.7 Å². The first-order valence-corrected chi connectivity index (χ1v) is 12.5. The highest BCUT2D eigenvalue weighted by Crippen LogP contribution is 2.40. The van der Waals surface area contributed by atoms with E-state index in [1.165, 1.54) is 6.08 Å². The molecule has 4 nitrogen and oxygen atoms in total. The monoisotopic (exact) mass is 501 g/mol. The first kappa shape index (κ1) is 27.7. The fourth-order valence-electron chi connectivity index (χ4n) is 5.20. The summed E-state index contributed by atoms with van der Waals surface area (Å²) in [6, 6.07) is 6.99. The molecular weight excluding hydrogens is 465 g/mol. The molecule has 194 valence electrons. The predicted molar refractivity (Wildman–Crippen MR) is 139 cm³/mol. The lowest BCUT2D eigenvalue weighted by Gasteiger charge is -2.53. The molecule has 4 unspecified atom stereocenters. The molecule has 2 aromatic rings. The third kappa shape index (κ3) is 5.57. The number of halogens is 3. The number of rotatable bonds is 9. The molecule has 4 rings (SSSR count). The molecule has 0 saturated carbocycles. The Morgan fingerprint density at radius 1 is 1.25 bits per heavy atom. The van der Waals surface area contributed by atoms with Gasteiger partial charge in [-0.2, -0.15) is 0 Å². The molecule has 0 amide bonds. The molecule has 1 aromatic carbocycles. The number of likely N-dealkylation sites (tertiary alicyclic amines) is 1. The number of aromatic nitrogens is 1. The van der Waals surface area contributed by atoms with Crippen LogP contribution in [0.4, 0.5) is 13.2 Å². The van der Waals surface area contributed by atoms with Gasteiger partial charge in [0.15, 0.2) is 17.8 Å². The first-order valence-electron chi connectivity index (χ1n) is 12.5. The maximum atomic E-state index is 14.7. The summed E-state index contributed by atoms with van der Waals surface area (Å²) in [4.78, 5) is 4.41. The maximum Gasteiger partial charge on any atom is 0.170 e. The Kier molecular flexibility index (Phi) is 9.51. The Labute approximate surface area is 211 Å². The summed E-state index contributed by atoms with van der Waals surface area (Å²) in [5, 5.41) is 12.5. The van der Waals surface area contributed by atoms with Gasteiger partial charge in [0.25, 0.3) is 0 Å².